The van der Waals surface area contributed by atoms with E-state index in [1.807, 2.05) is 36.4 Å². The number of anilines is 1. The van der Waals surface area contributed by atoms with Crippen molar-refractivity contribution in [2.75, 3.05) is 5.32 Å². The summed E-state index contributed by atoms with van der Waals surface area (Å²) >= 11 is 3.38. The topological polar surface area (TPSA) is 66.0 Å². The third-order valence-corrected chi connectivity index (χ3v) is 4.92. The van der Waals surface area contributed by atoms with Crippen molar-refractivity contribution >= 4 is 49.3 Å². The zero-order valence-corrected chi connectivity index (χ0v) is 15.2. The molecule has 4 nitrogen and oxygen atoms in total. The first kappa shape index (κ1) is 16.4. The van der Waals surface area contributed by atoms with Crippen LogP contribution in [0.1, 0.15) is 11.1 Å². The summed E-state index contributed by atoms with van der Waals surface area (Å²) in [5.41, 5.74) is 2.78. The van der Waals surface area contributed by atoms with Crippen LogP contribution in [0, 0.1) is 11.3 Å². The van der Waals surface area contributed by atoms with Crippen LogP contribution in [0.3, 0.4) is 0 Å². The van der Waals surface area contributed by atoms with Gasteiger partial charge < -0.3 is 9.73 Å². The molecule has 1 amide bonds. The van der Waals surface area contributed by atoms with Gasteiger partial charge in [0.05, 0.1) is 30.0 Å². The van der Waals surface area contributed by atoms with Gasteiger partial charge in [0, 0.05) is 15.4 Å². The van der Waals surface area contributed by atoms with Gasteiger partial charge in [0.15, 0.2) is 0 Å². The third-order valence-electron chi connectivity index (χ3n) is 4.26. The van der Waals surface area contributed by atoms with Gasteiger partial charge in [-0.1, -0.05) is 30.3 Å². The van der Waals surface area contributed by atoms with Crippen LogP contribution in [0.15, 0.2) is 69.8 Å². The van der Waals surface area contributed by atoms with E-state index in [0.29, 0.717) is 15.7 Å². The molecule has 0 unspecified atom stereocenters. The van der Waals surface area contributed by atoms with Gasteiger partial charge in [0.2, 0.25) is 5.91 Å². The Bertz CT molecular complexity index is 1190. The Labute approximate surface area is 158 Å². The van der Waals surface area contributed by atoms with Crippen LogP contribution in [0.25, 0.3) is 21.7 Å². The quantitative estimate of drug-likeness (QED) is 0.496. The second kappa shape index (κ2) is 6.66. The number of hydrogen-bond acceptors (Lipinski definition) is 3. The van der Waals surface area contributed by atoms with Crippen LogP contribution in [0.2, 0.25) is 0 Å². The molecule has 3 aromatic carbocycles. The fraction of sp³-hybridized carbons (Fsp3) is 0.0476. The maximum atomic E-state index is 12.5. The molecule has 4 rings (SSSR count). The monoisotopic (exact) mass is 404 g/mol. The van der Waals surface area contributed by atoms with E-state index in [-0.39, 0.29) is 12.3 Å². The molecule has 1 N–H and O–H groups in total. The van der Waals surface area contributed by atoms with Crippen molar-refractivity contribution in [3.05, 3.63) is 76.5 Å². The van der Waals surface area contributed by atoms with Crippen LogP contribution in [-0.4, -0.2) is 5.91 Å². The summed E-state index contributed by atoms with van der Waals surface area (Å²) in [5.74, 6) is -0.147. The van der Waals surface area contributed by atoms with E-state index in [1.165, 1.54) is 0 Å². The molecule has 0 bridgehead atoms. The maximum absolute atomic E-state index is 12.5. The SMILES string of the molecule is N#Cc1ccc(NC(=O)Cc2coc3ccc4ccccc4c23)c(Br)c1. The number of furan rings is 1. The molecule has 0 aliphatic carbocycles. The minimum Gasteiger partial charge on any atom is -0.464 e. The second-order valence-electron chi connectivity index (χ2n) is 5.95. The zero-order valence-electron chi connectivity index (χ0n) is 13.6. The lowest BCUT2D eigenvalue weighted by molar-refractivity contribution is -0.115. The normalized spacial score (nSPS) is 10.8. The Morgan fingerprint density at radius 1 is 1.15 bits per heavy atom. The molecule has 0 fully saturated rings. The highest BCUT2D eigenvalue weighted by Crippen LogP contribution is 2.30. The van der Waals surface area contributed by atoms with Crippen molar-refractivity contribution in [3.8, 4) is 6.07 Å². The van der Waals surface area contributed by atoms with Crippen molar-refractivity contribution < 1.29 is 9.21 Å². The van der Waals surface area contributed by atoms with Gasteiger partial charge in [-0.05, 0) is 51.0 Å². The number of fused-ring (bicyclic) bond motifs is 3. The van der Waals surface area contributed by atoms with Gasteiger partial charge in [-0.15, -0.1) is 0 Å². The molecule has 26 heavy (non-hydrogen) atoms. The number of halogens is 1. The Morgan fingerprint density at radius 3 is 2.81 bits per heavy atom. The van der Waals surface area contributed by atoms with Crippen LogP contribution in [0.5, 0.6) is 0 Å². The molecule has 1 aromatic heterocycles. The summed E-state index contributed by atoms with van der Waals surface area (Å²) < 4.78 is 6.31. The van der Waals surface area contributed by atoms with E-state index in [1.54, 1.807) is 24.5 Å². The highest BCUT2D eigenvalue weighted by Gasteiger charge is 2.14. The summed E-state index contributed by atoms with van der Waals surface area (Å²) in [6.45, 7) is 0. The molecule has 4 aromatic rings. The Morgan fingerprint density at radius 2 is 2.00 bits per heavy atom. The summed E-state index contributed by atoms with van der Waals surface area (Å²) in [4.78, 5) is 12.5. The number of nitrogens with one attached hydrogen (secondary N) is 1. The highest BCUT2D eigenvalue weighted by atomic mass is 79.9. The highest BCUT2D eigenvalue weighted by molar-refractivity contribution is 9.10. The number of nitriles is 1. The number of amides is 1. The lowest BCUT2D eigenvalue weighted by Gasteiger charge is -2.07. The number of carbonyl (C=O) groups is 1. The van der Waals surface area contributed by atoms with Crippen LogP contribution in [0.4, 0.5) is 5.69 Å². The average Bonchev–Trinajstić information content (AvgIpc) is 3.06. The largest absolute Gasteiger partial charge is 0.464 e. The lowest BCUT2D eigenvalue weighted by atomic mass is 10.0. The summed E-state index contributed by atoms with van der Waals surface area (Å²) in [6.07, 6.45) is 1.85. The van der Waals surface area contributed by atoms with E-state index in [0.717, 1.165) is 27.3 Å². The Hall–Kier alpha value is -3.10. The lowest BCUT2D eigenvalue weighted by Crippen LogP contribution is -2.14. The molecule has 0 aliphatic rings. The number of hydrogen-bond donors (Lipinski definition) is 1. The van der Waals surface area contributed by atoms with E-state index >= 15 is 0 Å². The molecular weight excluding hydrogens is 392 g/mol. The molecule has 5 heteroatoms. The average molecular weight is 405 g/mol. The summed E-state index contributed by atoms with van der Waals surface area (Å²) in [7, 11) is 0. The number of nitrogens with zero attached hydrogens (tertiary/aromatic N) is 1. The van der Waals surface area contributed by atoms with Gasteiger partial charge in [0.25, 0.3) is 0 Å². The molecule has 0 radical (unpaired) electrons. The van der Waals surface area contributed by atoms with Crippen molar-refractivity contribution in [2.45, 2.75) is 6.42 Å². The molecule has 0 aliphatic heterocycles. The minimum atomic E-state index is -0.147. The van der Waals surface area contributed by atoms with E-state index in [4.69, 9.17) is 9.68 Å². The fourth-order valence-corrected chi connectivity index (χ4v) is 3.54. The molecule has 0 atom stereocenters. The molecule has 0 saturated heterocycles. The standard InChI is InChI=1S/C21H13BrN2O2/c22-17-9-13(11-23)5-7-18(17)24-20(25)10-15-12-26-19-8-6-14-3-1-2-4-16(14)21(15)19/h1-9,12H,10H2,(H,24,25). The van der Waals surface area contributed by atoms with Crippen LogP contribution < -0.4 is 5.32 Å². The minimum absolute atomic E-state index is 0.147. The number of rotatable bonds is 3. The van der Waals surface area contributed by atoms with E-state index in [9.17, 15) is 4.79 Å². The molecule has 1 heterocycles. The predicted molar refractivity (Wildman–Crippen MR) is 105 cm³/mol. The van der Waals surface area contributed by atoms with Gasteiger partial charge in [-0.25, -0.2) is 0 Å². The third kappa shape index (κ3) is 2.96. The van der Waals surface area contributed by atoms with Crippen LogP contribution >= 0.6 is 15.9 Å². The number of carbonyl (C=O) groups excluding carboxylic acids is 1. The van der Waals surface area contributed by atoms with Crippen LogP contribution in [-0.2, 0) is 11.2 Å². The van der Waals surface area contributed by atoms with E-state index in [2.05, 4.69) is 27.3 Å². The predicted octanol–water partition coefficient (Wildman–Crippen LogP) is 5.40. The first-order chi connectivity index (χ1) is 12.7. The van der Waals surface area contributed by atoms with Crippen molar-refractivity contribution in [1.82, 2.24) is 0 Å². The second-order valence-corrected chi connectivity index (χ2v) is 6.81. The van der Waals surface area contributed by atoms with Crippen molar-refractivity contribution in [3.63, 3.8) is 0 Å². The Balaban J connectivity index is 1.64. The molecule has 0 saturated carbocycles. The van der Waals surface area contributed by atoms with E-state index < -0.39 is 0 Å². The van der Waals surface area contributed by atoms with Crippen molar-refractivity contribution in [1.29, 1.82) is 5.26 Å². The summed E-state index contributed by atoms with van der Waals surface area (Å²) in [6, 6.07) is 19.1. The van der Waals surface area contributed by atoms with Gasteiger partial charge in [0.1, 0.15) is 5.58 Å². The summed E-state index contributed by atoms with van der Waals surface area (Å²) in [5, 5.41) is 14.9. The van der Waals surface area contributed by atoms with Crippen molar-refractivity contribution in [2.24, 2.45) is 0 Å². The first-order valence-corrected chi connectivity index (χ1v) is 8.82. The fourth-order valence-electron chi connectivity index (χ4n) is 3.06. The molecule has 126 valence electrons. The van der Waals surface area contributed by atoms with Gasteiger partial charge in [-0.3, -0.25) is 4.79 Å². The van der Waals surface area contributed by atoms with Gasteiger partial charge in [-0.2, -0.15) is 5.26 Å². The number of benzene rings is 3. The Kier molecular flexibility index (Phi) is 4.19. The van der Waals surface area contributed by atoms with Gasteiger partial charge >= 0.3 is 0 Å². The molecular formula is C21H13BrN2O2. The zero-order chi connectivity index (χ0) is 18.1. The maximum Gasteiger partial charge on any atom is 0.228 e. The smallest absolute Gasteiger partial charge is 0.228 e. The molecule has 0 spiro atoms. The first-order valence-electron chi connectivity index (χ1n) is 8.03.